The first-order valence-corrected chi connectivity index (χ1v) is 7.98. The van der Waals surface area contributed by atoms with Gasteiger partial charge in [0.05, 0.1) is 11.6 Å². The zero-order valence-corrected chi connectivity index (χ0v) is 13.7. The number of hydrogen-bond donors (Lipinski definition) is 1. The third kappa shape index (κ3) is 2.04. The lowest BCUT2D eigenvalue weighted by Gasteiger charge is -2.35. The summed E-state index contributed by atoms with van der Waals surface area (Å²) in [6.07, 6.45) is -0.293. The smallest absolute Gasteiger partial charge is 0.410 e. The number of aryl methyl sites for hydroxylation is 1. The first-order valence-electron chi connectivity index (χ1n) is 7.98. The number of nitrogens with zero attached hydrogens (tertiary/aromatic N) is 3. The highest BCUT2D eigenvalue weighted by Crippen LogP contribution is 2.30. The Balaban J connectivity index is 1.70. The number of piperazine rings is 1. The Morgan fingerprint density at radius 3 is 2.92 bits per heavy atom. The number of carbonyl (C=O) groups is 2. The molecule has 7 heteroatoms. The summed E-state index contributed by atoms with van der Waals surface area (Å²) in [6, 6.07) is 5.00. The van der Waals surface area contributed by atoms with Gasteiger partial charge in [0.1, 0.15) is 12.4 Å². The molecule has 2 fully saturated rings. The van der Waals surface area contributed by atoms with Gasteiger partial charge in [-0.2, -0.15) is 0 Å². The molecule has 2 aliphatic rings. The summed E-state index contributed by atoms with van der Waals surface area (Å²) >= 11 is 0. The number of fused-ring (bicyclic) bond motifs is 2. The molecule has 24 heavy (non-hydrogen) atoms. The van der Waals surface area contributed by atoms with Crippen LogP contribution in [0.5, 0.6) is 5.75 Å². The normalized spacial score (nSPS) is 20.4. The molecule has 0 aliphatic carbocycles. The van der Waals surface area contributed by atoms with Gasteiger partial charge >= 0.3 is 6.09 Å². The summed E-state index contributed by atoms with van der Waals surface area (Å²) in [6.45, 7) is 3.68. The molecular formula is C17H19N3O4. The number of phenolic OH excluding ortho intramolecular Hbond substituents is 1. The Morgan fingerprint density at radius 1 is 1.33 bits per heavy atom. The molecule has 2 aromatic rings. The molecule has 2 amide bonds. The maximum absolute atomic E-state index is 13.1. The fraction of sp³-hybridized carbons (Fsp3) is 0.412. The van der Waals surface area contributed by atoms with Crippen molar-refractivity contribution in [3.63, 3.8) is 0 Å². The van der Waals surface area contributed by atoms with Crippen LogP contribution in [0, 0.1) is 6.92 Å². The highest BCUT2D eigenvalue weighted by atomic mass is 16.6. The third-order valence-electron chi connectivity index (χ3n) is 5.09. The van der Waals surface area contributed by atoms with Gasteiger partial charge in [-0.05, 0) is 25.1 Å². The van der Waals surface area contributed by atoms with Crippen LogP contribution in [0.1, 0.15) is 16.1 Å². The second kappa shape index (κ2) is 5.15. The minimum atomic E-state index is -0.293. The van der Waals surface area contributed by atoms with Crippen LogP contribution in [0.25, 0.3) is 10.9 Å². The number of aromatic nitrogens is 1. The van der Waals surface area contributed by atoms with Gasteiger partial charge in [-0.15, -0.1) is 0 Å². The maximum Gasteiger partial charge on any atom is 0.410 e. The molecule has 2 aliphatic heterocycles. The molecule has 0 bridgehead atoms. The van der Waals surface area contributed by atoms with Crippen molar-refractivity contribution >= 4 is 22.9 Å². The average Bonchev–Trinajstić information content (AvgIpc) is 3.05. The van der Waals surface area contributed by atoms with E-state index in [-0.39, 0.29) is 23.8 Å². The maximum atomic E-state index is 13.1. The van der Waals surface area contributed by atoms with E-state index >= 15 is 0 Å². The van der Waals surface area contributed by atoms with E-state index in [9.17, 15) is 14.7 Å². The molecule has 4 rings (SSSR count). The van der Waals surface area contributed by atoms with Crippen LogP contribution < -0.4 is 0 Å². The summed E-state index contributed by atoms with van der Waals surface area (Å²) in [5, 5.41) is 10.6. The van der Waals surface area contributed by atoms with Crippen molar-refractivity contribution in [1.29, 1.82) is 0 Å². The van der Waals surface area contributed by atoms with Crippen LogP contribution in [-0.2, 0) is 11.8 Å². The number of amides is 2. The van der Waals surface area contributed by atoms with Crippen molar-refractivity contribution in [3.05, 3.63) is 29.5 Å². The van der Waals surface area contributed by atoms with E-state index < -0.39 is 0 Å². The van der Waals surface area contributed by atoms with Crippen LogP contribution in [0.4, 0.5) is 4.79 Å². The summed E-state index contributed by atoms with van der Waals surface area (Å²) in [5.41, 5.74) is 2.38. The quantitative estimate of drug-likeness (QED) is 0.860. The molecule has 7 nitrogen and oxygen atoms in total. The van der Waals surface area contributed by atoms with E-state index in [4.69, 9.17) is 4.74 Å². The summed E-state index contributed by atoms with van der Waals surface area (Å²) in [5.74, 6) is 0.0736. The lowest BCUT2D eigenvalue weighted by molar-refractivity contribution is 0.0618. The molecule has 0 unspecified atom stereocenters. The van der Waals surface area contributed by atoms with Gasteiger partial charge in [-0.25, -0.2) is 4.79 Å². The Kier molecular flexibility index (Phi) is 3.19. The molecule has 3 heterocycles. The van der Waals surface area contributed by atoms with Crippen LogP contribution in [-0.4, -0.2) is 63.8 Å². The van der Waals surface area contributed by atoms with Crippen LogP contribution >= 0.6 is 0 Å². The Hall–Kier alpha value is -2.70. The van der Waals surface area contributed by atoms with E-state index in [0.29, 0.717) is 31.8 Å². The Labute approximate surface area is 139 Å². The predicted octanol–water partition coefficient (Wildman–Crippen LogP) is 1.47. The largest absolute Gasteiger partial charge is 0.508 e. The standard InChI is InChI=1S/C17H19N3O4/c1-10-15(13-7-12(21)3-4-14(13)18(10)2)16(22)19-5-6-20-11(8-19)9-24-17(20)23/h3-4,7,11,21H,5-6,8-9H2,1-2H3/t11-/m0/s1. The fourth-order valence-corrected chi connectivity index (χ4v) is 3.66. The number of hydrogen-bond acceptors (Lipinski definition) is 4. The molecule has 1 aromatic carbocycles. The van der Waals surface area contributed by atoms with Crippen molar-refractivity contribution in [2.45, 2.75) is 13.0 Å². The molecule has 126 valence electrons. The zero-order chi connectivity index (χ0) is 17.0. The lowest BCUT2D eigenvalue weighted by atomic mass is 10.1. The first kappa shape index (κ1) is 14.9. The lowest BCUT2D eigenvalue weighted by Crippen LogP contribution is -2.53. The molecule has 1 atom stereocenters. The number of ether oxygens (including phenoxy) is 1. The van der Waals surface area contributed by atoms with E-state index in [1.807, 2.05) is 24.6 Å². The van der Waals surface area contributed by atoms with Gasteiger partial charge < -0.3 is 19.3 Å². The van der Waals surface area contributed by atoms with Crippen LogP contribution in [0.15, 0.2) is 18.2 Å². The van der Waals surface area contributed by atoms with Gasteiger partial charge in [0.25, 0.3) is 5.91 Å². The molecule has 0 spiro atoms. The highest BCUT2D eigenvalue weighted by Gasteiger charge is 2.39. The van der Waals surface area contributed by atoms with Crippen molar-refractivity contribution in [1.82, 2.24) is 14.4 Å². The Bertz CT molecular complexity index is 857. The van der Waals surface area contributed by atoms with Crippen molar-refractivity contribution < 1.29 is 19.4 Å². The molecule has 0 saturated carbocycles. The third-order valence-corrected chi connectivity index (χ3v) is 5.09. The first-order chi connectivity index (χ1) is 11.5. The van der Waals surface area contributed by atoms with Gasteiger partial charge in [0.2, 0.25) is 0 Å². The highest BCUT2D eigenvalue weighted by molar-refractivity contribution is 6.08. The SMILES string of the molecule is Cc1c(C(=O)N2CCN3C(=O)OC[C@@H]3C2)c2cc(O)ccc2n1C. The second-order valence-electron chi connectivity index (χ2n) is 6.40. The van der Waals surface area contributed by atoms with Gasteiger partial charge in [-0.3, -0.25) is 9.69 Å². The number of phenols is 1. The van der Waals surface area contributed by atoms with Gasteiger partial charge in [0.15, 0.2) is 0 Å². The zero-order valence-electron chi connectivity index (χ0n) is 13.7. The van der Waals surface area contributed by atoms with Crippen molar-refractivity contribution in [3.8, 4) is 5.75 Å². The van der Waals surface area contributed by atoms with Gasteiger partial charge in [0, 0.05) is 43.3 Å². The topological polar surface area (TPSA) is 75.0 Å². The summed E-state index contributed by atoms with van der Waals surface area (Å²) in [7, 11) is 1.91. The van der Waals surface area contributed by atoms with Gasteiger partial charge in [-0.1, -0.05) is 0 Å². The Morgan fingerprint density at radius 2 is 2.12 bits per heavy atom. The molecule has 1 N–H and O–H groups in total. The second-order valence-corrected chi connectivity index (χ2v) is 6.40. The van der Waals surface area contributed by atoms with E-state index in [0.717, 1.165) is 16.6 Å². The average molecular weight is 329 g/mol. The minimum absolute atomic E-state index is 0.0669. The van der Waals surface area contributed by atoms with E-state index in [1.165, 1.54) is 0 Å². The predicted molar refractivity (Wildman–Crippen MR) is 87.1 cm³/mol. The van der Waals surface area contributed by atoms with Crippen LogP contribution in [0.3, 0.4) is 0 Å². The van der Waals surface area contributed by atoms with Crippen molar-refractivity contribution in [2.75, 3.05) is 26.2 Å². The number of cyclic esters (lactones) is 1. The summed E-state index contributed by atoms with van der Waals surface area (Å²) < 4.78 is 7.02. The molecular weight excluding hydrogens is 310 g/mol. The summed E-state index contributed by atoms with van der Waals surface area (Å²) in [4.78, 5) is 28.2. The molecule has 1 aromatic heterocycles. The number of carbonyl (C=O) groups excluding carboxylic acids is 2. The molecule has 0 radical (unpaired) electrons. The van der Waals surface area contributed by atoms with E-state index in [2.05, 4.69) is 0 Å². The number of rotatable bonds is 1. The number of benzene rings is 1. The molecule has 2 saturated heterocycles. The minimum Gasteiger partial charge on any atom is -0.508 e. The van der Waals surface area contributed by atoms with E-state index in [1.54, 1.807) is 21.9 Å². The fourth-order valence-electron chi connectivity index (χ4n) is 3.66. The monoisotopic (exact) mass is 329 g/mol. The van der Waals surface area contributed by atoms with Crippen LogP contribution in [0.2, 0.25) is 0 Å². The number of aromatic hydroxyl groups is 1. The van der Waals surface area contributed by atoms with Crippen molar-refractivity contribution in [2.24, 2.45) is 7.05 Å².